The fraction of sp³-hybridized carbons (Fsp3) is 0.378. The monoisotopic (exact) mass is 869 g/mol. The Bertz CT molecular complexity index is 2660. The van der Waals surface area contributed by atoms with Crippen LogP contribution in [0.2, 0.25) is 5.02 Å². The first-order chi connectivity index (χ1) is 30.0. The van der Waals surface area contributed by atoms with E-state index in [9.17, 15) is 23.3 Å². The summed E-state index contributed by atoms with van der Waals surface area (Å²) < 4.78 is 58.2. The first kappa shape index (κ1) is 39.6. The highest BCUT2D eigenvalue weighted by Gasteiger charge is 2.31. The van der Waals surface area contributed by atoms with E-state index in [4.69, 9.17) is 23.8 Å². The van der Waals surface area contributed by atoms with Crippen molar-refractivity contribution in [2.24, 2.45) is 11.3 Å². The van der Waals surface area contributed by atoms with Crippen LogP contribution in [0.25, 0.3) is 16.6 Å². The first-order valence-corrected chi connectivity index (χ1v) is 22.3. The Kier molecular flexibility index (Phi) is 11.6. The fourth-order valence-electron chi connectivity index (χ4n) is 8.17. The van der Waals surface area contributed by atoms with Crippen LogP contribution in [0, 0.1) is 21.4 Å². The number of halogens is 1. The minimum atomic E-state index is -4.67. The number of pyridine rings is 1. The SMILES string of the molecule is [2H]C([2H])(Nc1ccc(S(=O)(=O)NC(=O)c2ccc(N3CCN(CC4=C(c5ccc(Cl)cc5)CC(C)(C)CC4)CC3)cc2Oc2cnc3[nH]ccc3c2)cc1[N+](=O)[O-])C1CCOCC1. The highest BCUT2D eigenvalue weighted by atomic mass is 35.5. The van der Waals surface area contributed by atoms with Crippen LogP contribution >= 0.6 is 11.6 Å². The molecule has 3 aliphatic rings. The van der Waals surface area contributed by atoms with E-state index in [1.54, 1.807) is 24.4 Å². The summed E-state index contributed by atoms with van der Waals surface area (Å²) in [6.45, 7) is 7.20. The number of carbonyl (C=O) groups excluding carboxylic acids is 1. The van der Waals surface area contributed by atoms with Gasteiger partial charge in [0.1, 0.15) is 22.8 Å². The molecule has 2 aliphatic heterocycles. The molecule has 3 N–H and O–H groups in total. The second-order valence-corrected chi connectivity index (χ2v) is 18.7. The van der Waals surface area contributed by atoms with Gasteiger partial charge in [-0.1, -0.05) is 43.2 Å². The number of carbonyl (C=O) groups is 1. The summed E-state index contributed by atoms with van der Waals surface area (Å²) in [7, 11) is -4.67. The van der Waals surface area contributed by atoms with E-state index >= 15 is 0 Å². The lowest BCUT2D eigenvalue weighted by molar-refractivity contribution is -0.384. The zero-order valence-corrected chi connectivity index (χ0v) is 35.7. The average molecular weight is 870 g/mol. The van der Waals surface area contributed by atoms with Gasteiger partial charge in [-0.15, -0.1) is 0 Å². The molecular formula is C45H50ClN7O7S. The van der Waals surface area contributed by atoms with Crippen LogP contribution in [0.15, 0.2) is 95.7 Å². The minimum absolute atomic E-state index is 0.0859. The second kappa shape index (κ2) is 17.9. The number of benzene rings is 3. The number of hydrogen-bond donors (Lipinski definition) is 3. The van der Waals surface area contributed by atoms with Crippen molar-refractivity contribution in [3.05, 3.63) is 117 Å². The van der Waals surface area contributed by atoms with Gasteiger partial charge in [-0.25, -0.2) is 18.1 Å². The molecule has 320 valence electrons. The molecule has 16 heteroatoms. The van der Waals surface area contributed by atoms with Crippen molar-refractivity contribution in [1.82, 2.24) is 19.6 Å². The van der Waals surface area contributed by atoms with Gasteiger partial charge in [-0.3, -0.25) is 19.8 Å². The van der Waals surface area contributed by atoms with E-state index in [-0.39, 0.29) is 22.4 Å². The Morgan fingerprint density at radius 1 is 1.07 bits per heavy atom. The summed E-state index contributed by atoms with van der Waals surface area (Å²) in [5.74, 6) is -1.09. The van der Waals surface area contributed by atoms with Crippen LogP contribution in [0.5, 0.6) is 11.5 Å². The first-order valence-electron chi connectivity index (χ1n) is 21.4. The van der Waals surface area contributed by atoms with Crippen LogP contribution in [0.3, 0.4) is 0 Å². The van der Waals surface area contributed by atoms with Crippen molar-refractivity contribution in [2.45, 2.75) is 50.8 Å². The Morgan fingerprint density at radius 3 is 2.59 bits per heavy atom. The maximum Gasteiger partial charge on any atom is 0.293 e. The van der Waals surface area contributed by atoms with E-state index in [0.29, 0.717) is 50.5 Å². The van der Waals surface area contributed by atoms with Crippen LogP contribution in [-0.4, -0.2) is 86.6 Å². The van der Waals surface area contributed by atoms with Gasteiger partial charge in [0.2, 0.25) is 0 Å². The van der Waals surface area contributed by atoms with Crippen molar-refractivity contribution in [3.8, 4) is 11.5 Å². The lowest BCUT2D eigenvalue weighted by Crippen LogP contribution is -2.47. The van der Waals surface area contributed by atoms with Gasteiger partial charge in [-0.05, 0) is 103 Å². The minimum Gasteiger partial charge on any atom is -0.455 e. The van der Waals surface area contributed by atoms with E-state index in [2.05, 4.69) is 55.8 Å². The zero-order valence-electron chi connectivity index (χ0n) is 36.1. The molecule has 61 heavy (non-hydrogen) atoms. The van der Waals surface area contributed by atoms with Gasteiger partial charge < -0.3 is 24.7 Å². The largest absolute Gasteiger partial charge is 0.455 e. The number of nitrogens with one attached hydrogen (secondary N) is 3. The number of ether oxygens (including phenoxy) is 2. The van der Waals surface area contributed by atoms with Gasteiger partial charge in [0.15, 0.2) is 0 Å². The molecule has 3 aromatic carbocycles. The third-order valence-corrected chi connectivity index (χ3v) is 13.3. The highest BCUT2D eigenvalue weighted by Crippen LogP contribution is 2.43. The van der Waals surface area contributed by atoms with Crippen LogP contribution < -0.4 is 19.7 Å². The molecule has 5 aromatic rings. The summed E-state index contributed by atoms with van der Waals surface area (Å²) in [4.78, 5) is 36.9. The number of amides is 1. The van der Waals surface area contributed by atoms with E-state index in [1.807, 2.05) is 18.2 Å². The molecule has 14 nitrogen and oxygen atoms in total. The third-order valence-electron chi connectivity index (χ3n) is 11.7. The number of piperazine rings is 1. The lowest BCUT2D eigenvalue weighted by Gasteiger charge is -2.39. The number of allylic oxidation sites excluding steroid dienone is 1. The number of H-pyrrole nitrogens is 1. The van der Waals surface area contributed by atoms with E-state index in [1.165, 1.54) is 29.0 Å². The average Bonchev–Trinajstić information content (AvgIpc) is 3.73. The molecule has 1 amide bonds. The molecule has 0 spiro atoms. The molecule has 4 heterocycles. The second-order valence-electron chi connectivity index (χ2n) is 16.6. The number of anilines is 2. The number of rotatable bonds is 13. The molecule has 8 rings (SSSR count). The van der Waals surface area contributed by atoms with Crippen LogP contribution in [0.1, 0.15) is 64.6 Å². The molecule has 0 bridgehead atoms. The summed E-state index contributed by atoms with van der Waals surface area (Å²) in [6, 6.07) is 19.7. The van der Waals surface area contributed by atoms with Gasteiger partial charge in [-0.2, -0.15) is 0 Å². The number of nitro benzene ring substituents is 1. The van der Waals surface area contributed by atoms with Gasteiger partial charge in [0.25, 0.3) is 21.6 Å². The van der Waals surface area contributed by atoms with Crippen molar-refractivity contribution in [2.75, 3.05) is 62.7 Å². The maximum atomic E-state index is 13.9. The Labute approximate surface area is 363 Å². The number of nitro groups is 1. The van der Waals surface area contributed by atoms with Crippen molar-refractivity contribution < 1.29 is 30.4 Å². The van der Waals surface area contributed by atoms with Crippen molar-refractivity contribution >= 4 is 61.2 Å². The number of aromatic nitrogens is 2. The molecule has 0 unspecified atom stereocenters. The molecular weight excluding hydrogens is 818 g/mol. The Balaban J connectivity index is 1.01. The smallest absolute Gasteiger partial charge is 0.293 e. The predicted octanol–water partition coefficient (Wildman–Crippen LogP) is 8.66. The molecule has 2 fully saturated rings. The zero-order chi connectivity index (χ0) is 44.5. The Morgan fingerprint density at radius 2 is 1.84 bits per heavy atom. The highest BCUT2D eigenvalue weighted by molar-refractivity contribution is 7.90. The normalized spacial score (nSPS) is 18.4. The molecule has 2 saturated heterocycles. The molecule has 0 atom stereocenters. The van der Waals surface area contributed by atoms with Crippen LogP contribution in [-0.2, 0) is 14.8 Å². The fourth-order valence-corrected chi connectivity index (χ4v) is 9.28. The van der Waals surface area contributed by atoms with Crippen molar-refractivity contribution in [1.29, 1.82) is 0 Å². The molecule has 2 aromatic heterocycles. The van der Waals surface area contributed by atoms with Gasteiger partial charge in [0.05, 0.1) is 21.6 Å². The topological polar surface area (TPSA) is 172 Å². The number of fused-ring (bicyclic) bond motifs is 1. The molecule has 1 aliphatic carbocycles. The quantitative estimate of drug-likeness (QED) is 0.0764. The molecule has 0 saturated carbocycles. The predicted molar refractivity (Wildman–Crippen MR) is 237 cm³/mol. The summed E-state index contributed by atoms with van der Waals surface area (Å²) in [5, 5.41) is 16.3. The number of aromatic amines is 1. The van der Waals surface area contributed by atoms with E-state index in [0.717, 1.165) is 73.2 Å². The lowest BCUT2D eigenvalue weighted by atomic mass is 9.72. The summed E-state index contributed by atoms with van der Waals surface area (Å²) >= 11 is 6.24. The number of sulfonamides is 1. The summed E-state index contributed by atoms with van der Waals surface area (Å²) in [5.41, 5.74) is 4.75. The van der Waals surface area contributed by atoms with E-state index < -0.39 is 43.9 Å². The van der Waals surface area contributed by atoms with Gasteiger partial charge in [0, 0.05) is 89.6 Å². The Hall–Kier alpha value is -5.48. The van der Waals surface area contributed by atoms with Crippen molar-refractivity contribution in [3.63, 3.8) is 0 Å². The molecule has 0 radical (unpaired) electrons. The standard InChI is InChI=1S/C45H50ClN7O7S/c1-45(2)15-11-33(39(26-45)31-3-5-34(46)6-4-31)29-51-17-19-52(20-18-51)35-7-9-38(42(24-35)60-36-23-32-12-16-47-43(32)49-28-36)44(54)50-61(57,58)37-8-10-40(41(25-37)53(55)56)48-27-30-13-21-59-22-14-30/h3-10,12,16,23-25,28,30,48H,11,13-15,17-22,26-27,29H2,1-2H3,(H,47,49)(H,50,54)/i27D2. The third kappa shape index (κ3) is 10.0. The summed E-state index contributed by atoms with van der Waals surface area (Å²) in [6.07, 6.45) is 7.22. The number of nitrogens with zero attached hydrogens (tertiary/aromatic N) is 4. The maximum absolute atomic E-state index is 13.9. The number of hydrogen-bond acceptors (Lipinski definition) is 11. The van der Waals surface area contributed by atoms with Crippen LogP contribution in [0.4, 0.5) is 17.1 Å². The van der Waals surface area contributed by atoms with Gasteiger partial charge >= 0.3 is 0 Å².